The predicted molar refractivity (Wildman–Crippen MR) is 66.5 cm³/mol. The van der Waals surface area contributed by atoms with Crippen LogP contribution in [0.5, 0.6) is 0 Å². The van der Waals surface area contributed by atoms with Gasteiger partial charge in [0, 0.05) is 10.4 Å². The Morgan fingerprint density at radius 2 is 2.07 bits per heavy atom. The molecular formula is C11H7BrClFS. The molecule has 0 aliphatic heterocycles. The maximum atomic E-state index is 13.7. The van der Waals surface area contributed by atoms with Crippen LogP contribution in [0.3, 0.4) is 0 Å². The van der Waals surface area contributed by atoms with Crippen LogP contribution in [0.4, 0.5) is 4.39 Å². The first-order valence-electron chi connectivity index (χ1n) is 4.31. The van der Waals surface area contributed by atoms with E-state index in [2.05, 4.69) is 15.9 Å². The van der Waals surface area contributed by atoms with Crippen LogP contribution < -0.4 is 0 Å². The fourth-order valence-electron chi connectivity index (χ4n) is 1.30. The summed E-state index contributed by atoms with van der Waals surface area (Å²) in [6, 6.07) is 8.94. The van der Waals surface area contributed by atoms with Gasteiger partial charge in [0.05, 0.1) is 9.85 Å². The monoisotopic (exact) mass is 304 g/mol. The zero-order chi connectivity index (χ0) is 10.8. The SMILES string of the molecule is Fc1c(Cl)cccc1C(Br)c1cccs1. The van der Waals surface area contributed by atoms with Crippen LogP contribution in [0, 0.1) is 5.82 Å². The first-order chi connectivity index (χ1) is 7.20. The summed E-state index contributed by atoms with van der Waals surface area (Å²) in [6.45, 7) is 0. The third-order valence-electron chi connectivity index (χ3n) is 2.05. The van der Waals surface area contributed by atoms with E-state index in [-0.39, 0.29) is 15.7 Å². The maximum absolute atomic E-state index is 13.7. The van der Waals surface area contributed by atoms with E-state index in [1.54, 1.807) is 29.5 Å². The molecule has 0 N–H and O–H groups in total. The summed E-state index contributed by atoms with van der Waals surface area (Å²) in [6.07, 6.45) is 0. The molecule has 4 heteroatoms. The second kappa shape index (κ2) is 4.64. The normalized spacial score (nSPS) is 12.7. The van der Waals surface area contributed by atoms with E-state index in [0.717, 1.165) is 4.88 Å². The number of hydrogen-bond donors (Lipinski definition) is 0. The molecule has 0 bridgehead atoms. The fourth-order valence-corrected chi connectivity index (χ4v) is 3.03. The average molecular weight is 306 g/mol. The smallest absolute Gasteiger partial charge is 0.146 e. The van der Waals surface area contributed by atoms with E-state index in [0.29, 0.717) is 5.56 Å². The number of thiophene rings is 1. The van der Waals surface area contributed by atoms with Crippen molar-refractivity contribution in [1.82, 2.24) is 0 Å². The van der Waals surface area contributed by atoms with E-state index in [4.69, 9.17) is 11.6 Å². The van der Waals surface area contributed by atoms with Crippen molar-refractivity contribution in [3.63, 3.8) is 0 Å². The molecule has 1 atom stereocenters. The topological polar surface area (TPSA) is 0 Å². The number of halogens is 3. The Labute approximate surface area is 105 Å². The van der Waals surface area contributed by atoms with Crippen LogP contribution in [0.1, 0.15) is 15.3 Å². The van der Waals surface area contributed by atoms with Gasteiger partial charge in [-0.15, -0.1) is 11.3 Å². The number of hydrogen-bond acceptors (Lipinski definition) is 1. The van der Waals surface area contributed by atoms with Gasteiger partial charge in [0.1, 0.15) is 5.82 Å². The van der Waals surface area contributed by atoms with Crippen LogP contribution in [0.15, 0.2) is 35.7 Å². The van der Waals surface area contributed by atoms with E-state index < -0.39 is 0 Å². The third kappa shape index (κ3) is 2.25. The summed E-state index contributed by atoms with van der Waals surface area (Å²) in [4.78, 5) is 0.937. The first-order valence-corrected chi connectivity index (χ1v) is 6.49. The van der Waals surface area contributed by atoms with Crippen molar-refractivity contribution >= 4 is 38.9 Å². The molecule has 1 heterocycles. The predicted octanol–water partition coefficient (Wildman–Crippen LogP) is 5.02. The maximum Gasteiger partial charge on any atom is 0.146 e. The van der Waals surface area contributed by atoms with Crippen molar-refractivity contribution in [3.05, 3.63) is 57.0 Å². The molecule has 0 radical (unpaired) electrons. The van der Waals surface area contributed by atoms with Crippen LogP contribution in [0.2, 0.25) is 5.02 Å². The number of rotatable bonds is 2. The van der Waals surface area contributed by atoms with Crippen molar-refractivity contribution in [3.8, 4) is 0 Å². The molecule has 0 saturated heterocycles. The summed E-state index contributed by atoms with van der Waals surface area (Å²) in [7, 11) is 0. The first kappa shape index (κ1) is 11.1. The van der Waals surface area contributed by atoms with Gasteiger partial charge in [0.2, 0.25) is 0 Å². The molecular weight excluding hydrogens is 299 g/mol. The highest BCUT2D eigenvalue weighted by atomic mass is 79.9. The second-order valence-electron chi connectivity index (χ2n) is 3.02. The summed E-state index contributed by atoms with van der Waals surface area (Å²) < 4.78 is 13.7. The number of benzene rings is 1. The van der Waals surface area contributed by atoms with Crippen molar-refractivity contribution in [2.75, 3.05) is 0 Å². The van der Waals surface area contributed by atoms with E-state index in [1.165, 1.54) is 0 Å². The molecule has 0 saturated carbocycles. The highest BCUT2D eigenvalue weighted by Crippen LogP contribution is 2.36. The Bertz CT molecular complexity index is 456. The largest absolute Gasteiger partial charge is 0.205 e. The molecule has 1 aromatic carbocycles. The molecule has 15 heavy (non-hydrogen) atoms. The lowest BCUT2D eigenvalue weighted by Crippen LogP contribution is -1.94. The lowest BCUT2D eigenvalue weighted by Gasteiger charge is -2.09. The van der Waals surface area contributed by atoms with E-state index >= 15 is 0 Å². The molecule has 0 spiro atoms. The van der Waals surface area contributed by atoms with E-state index in [9.17, 15) is 4.39 Å². The van der Waals surface area contributed by atoms with Crippen LogP contribution in [-0.2, 0) is 0 Å². The van der Waals surface area contributed by atoms with Gasteiger partial charge in [-0.25, -0.2) is 4.39 Å². The van der Waals surface area contributed by atoms with Gasteiger partial charge >= 0.3 is 0 Å². The molecule has 2 rings (SSSR count). The quantitative estimate of drug-likeness (QED) is 0.683. The van der Waals surface area contributed by atoms with Gasteiger partial charge in [-0.1, -0.05) is 45.7 Å². The molecule has 2 aromatic rings. The minimum absolute atomic E-state index is 0.129. The Hall–Kier alpha value is -0.380. The zero-order valence-corrected chi connectivity index (χ0v) is 10.7. The van der Waals surface area contributed by atoms with Crippen molar-refractivity contribution in [1.29, 1.82) is 0 Å². The van der Waals surface area contributed by atoms with Crippen LogP contribution >= 0.6 is 38.9 Å². The standard InChI is InChI=1S/C11H7BrClFS/c12-10(9-5-2-6-15-9)7-3-1-4-8(13)11(7)14/h1-6,10H. The van der Waals surface area contributed by atoms with Gasteiger partial charge in [-0.2, -0.15) is 0 Å². The van der Waals surface area contributed by atoms with E-state index in [1.807, 2.05) is 17.5 Å². The molecule has 0 amide bonds. The summed E-state index contributed by atoms with van der Waals surface area (Å²) >= 11 is 10.8. The lowest BCUT2D eigenvalue weighted by atomic mass is 10.1. The van der Waals surface area contributed by atoms with Crippen molar-refractivity contribution in [2.24, 2.45) is 0 Å². The Kier molecular flexibility index (Phi) is 3.44. The average Bonchev–Trinajstić information content (AvgIpc) is 2.74. The third-order valence-corrected chi connectivity index (χ3v) is 4.57. The molecule has 1 unspecified atom stereocenters. The van der Waals surface area contributed by atoms with Gasteiger partial charge in [0.15, 0.2) is 0 Å². The molecule has 0 fully saturated rings. The van der Waals surface area contributed by atoms with Gasteiger partial charge in [-0.05, 0) is 17.5 Å². The van der Waals surface area contributed by atoms with Gasteiger partial charge in [-0.3, -0.25) is 0 Å². The summed E-state index contributed by atoms with van der Waals surface area (Å²) in [5.41, 5.74) is 0.574. The Balaban J connectivity index is 2.42. The van der Waals surface area contributed by atoms with Gasteiger partial charge < -0.3 is 0 Å². The second-order valence-corrected chi connectivity index (χ2v) is 5.32. The number of alkyl halides is 1. The fraction of sp³-hybridized carbons (Fsp3) is 0.0909. The Morgan fingerprint density at radius 3 is 2.73 bits per heavy atom. The Morgan fingerprint density at radius 1 is 1.27 bits per heavy atom. The minimum atomic E-state index is -0.352. The van der Waals surface area contributed by atoms with Crippen molar-refractivity contribution < 1.29 is 4.39 Å². The van der Waals surface area contributed by atoms with Crippen molar-refractivity contribution in [2.45, 2.75) is 4.83 Å². The minimum Gasteiger partial charge on any atom is -0.205 e. The highest BCUT2D eigenvalue weighted by Gasteiger charge is 2.16. The molecule has 0 nitrogen and oxygen atoms in total. The molecule has 0 aliphatic rings. The van der Waals surface area contributed by atoms with Gasteiger partial charge in [0.25, 0.3) is 0 Å². The molecule has 1 aromatic heterocycles. The zero-order valence-electron chi connectivity index (χ0n) is 7.58. The summed E-state index contributed by atoms with van der Waals surface area (Å²) in [5, 5.41) is 2.12. The summed E-state index contributed by atoms with van der Waals surface area (Å²) in [5.74, 6) is -0.352. The lowest BCUT2D eigenvalue weighted by molar-refractivity contribution is 0.614. The van der Waals surface area contributed by atoms with Crippen LogP contribution in [-0.4, -0.2) is 0 Å². The highest BCUT2D eigenvalue weighted by molar-refractivity contribution is 9.09. The molecule has 0 aliphatic carbocycles. The van der Waals surface area contributed by atoms with Crippen LogP contribution in [0.25, 0.3) is 0 Å². The molecule has 78 valence electrons.